The smallest absolute Gasteiger partial charge is 0.410 e. The highest BCUT2D eigenvalue weighted by molar-refractivity contribution is 5.84. The zero-order valence-corrected chi connectivity index (χ0v) is 20.9. The van der Waals surface area contributed by atoms with Crippen molar-refractivity contribution in [2.75, 3.05) is 40.4 Å². The van der Waals surface area contributed by atoms with Crippen LogP contribution in [0.4, 0.5) is 9.59 Å². The lowest BCUT2D eigenvalue weighted by atomic mass is 9.88. The Hall–Kier alpha value is -2.82. The van der Waals surface area contributed by atoms with Crippen molar-refractivity contribution in [2.24, 2.45) is 5.73 Å². The topological polar surface area (TPSA) is 138 Å². The van der Waals surface area contributed by atoms with Gasteiger partial charge in [-0.15, -0.1) is 0 Å². The number of likely N-dealkylation sites (tertiary alicyclic amines) is 2. The van der Waals surface area contributed by atoms with Crippen LogP contribution in [0.2, 0.25) is 0 Å². The molecular weight excluding hydrogens is 434 g/mol. The van der Waals surface area contributed by atoms with Gasteiger partial charge in [0.25, 0.3) is 0 Å². The van der Waals surface area contributed by atoms with Gasteiger partial charge >= 0.3 is 24.1 Å². The van der Waals surface area contributed by atoms with Gasteiger partial charge < -0.3 is 34.5 Å². The van der Waals surface area contributed by atoms with Gasteiger partial charge in [-0.3, -0.25) is 4.79 Å². The van der Waals surface area contributed by atoms with Crippen LogP contribution in [-0.4, -0.2) is 91.1 Å². The highest BCUT2D eigenvalue weighted by Crippen LogP contribution is 2.24. The van der Waals surface area contributed by atoms with E-state index in [4.69, 9.17) is 15.2 Å². The second-order valence-corrected chi connectivity index (χ2v) is 10.1. The van der Waals surface area contributed by atoms with Crippen molar-refractivity contribution in [3.05, 3.63) is 11.6 Å². The third-order valence-electron chi connectivity index (χ3n) is 4.35. The molecule has 33 heavy (non-hydrogen) atoms. The standard InChI is InChI=1S/C11H20N2O4.C11H17NO4/c1-10(2,3)17-9(15)13-6-11(12,7-13)5-8(14)16-4;1-11(2,3)16-10(14)12-6-8(7-12)5-9(13)15-4/h5-7,12H2,1-4H3;5H,6-7H2,1-4H3. The van der Waals surface area contributed by atoms with Crippen LogP contribution in [0.5, 0.6) is 0 Å². The molecule has 188 valence electrons. The molecule has 0 unspecified atom stereocenters. The first-order valence-corrected chi connectivity index (χ1v) is 10.6. The lowest BCUT2D eigenvalue weighted by Crippen LogP contribution is -2.69. The number of carbonyl (C=O) groups excluding carboxylic acids is 4. The van der Waals surface area contributed by atoms with E-state index in [1.165, 1.54) is 30.1 Å². The zero-order chi connectivity index (χ0) is 25.6. The third-order valence-corrected chi connectivity index (χ3v) is 4.35. The first-order chi connectivity index (χ1) is 15.0. The van der Waals surface area contributed by atoms with E-state index in [2.05, 4.69) is 9.47 Å². The quantitative estimate of drug-likeness (QED) is 0.371. The predicted molar refractivity (Wildman–Crippen MR) is 119 cm³/mol. The number of ether oxygens (including phenoxy) is 4. The highest BCUT2D eigenvalue weighted by atomic mass is 16.6. The number of carbonyl (C=O) groups is 4. The second-order valence-electron chi connectivity index (χ2n) is 10.1. The van der Waals surface area contributed by atoms with Gasteiger partial charge in [-0.25, -0.2) is 14.4 Å². The molecule has 0 aromatic rings. The molecule has 2 rings (SSSR count). The molecule has 0 bridgehead atoms. The van der Waals surface area contributed by atoms with Crippen LogP contribution in [0.3, 0.4) is 0 Å². The van der Waals surface area contributed by atoms with Gasteiger partial charge in [-0.1, -0.05) is 0 Å². The van der Waals surface area contributed by atoms with Crippen molar-refractivity contribution in [2.45, 2.75) is 64.7 Å². The van der Waals surface area contributed by atoms with E-state index < -0.39 is 22.8 Å². The summed E-state index contributed by atoms with van der Waals surface area (Å²) in [6.45, 7) is 12.3. The van der Waals surface area contributed by atoms with Crippen LogP contribution in [-0.2, 0) is 28.5 Å². The summed E-state index contributed by atoms with van der Waals surface area (Å²) < 4.78 is 19.4. The Kier molecular flexibility index (Phi) is 9.29. The molecular formula is C22H37N3O8. The molecule has 11 heteroatoms. The third kappa shape index (κ3) is 10.1. The van der Waals surface area contributed by atoms with Crippen molar-refractivity contribution >= 4 is 24.1 Å². The average Bonchev–Trinajstić information content (AvgIpc) is 2.59. The number of hydrogen-bond donors (Lipinski definition) is 1. The summed E-state index contributed by atoms with van der Waals surface area (Å²) >= 11 is 0. The van der Waals surface area contributed by atoms with Gasteiger partial charge in [0, 0.05) is 32.3 Å². The number of amides is 2. The van der Waals surface area contributed by atoms with E-state index in [1.54, 1.807) is 20.8 Å². The maximum absolute atomic E-state index is 11.6. The molecule has 2 fully saturated rings. The minimum Gasteiger partial charge on any atom is -0.469 e. The molecule has 0 radical (unpaired) electrons. The molecule has 0 spiro atoms. The van der Waals surface area contributed by atoms with Crippen LogP contribution in [0, 0.1) is 0 Å². The minimum absolute atomic E-state index is 0.114. The molecule has 2 amide bonds. The van der Waals surface area contributed by atoms with E-state index in [9.17, 15) is 19.2 Å². The lowest BCUT2D eigenvalue weighted by Gasteiger charge is -2.46. The Bertz CT molecular complexity index is 765. The molecule has 0 aromatic carbocycles. The fourth-order valence-electron chi connectivity index (χ4n) is 2.86. The Labute approximate surface area is 195 Å². The number of hydrogen-bond acceptors (Lipinski definition) is 9. The van der Waals surface area contributed by atoms with Crippen LogP contribution in [0.1, 0.15) is 48.0 Å². The highest BCUT2D eigenvalue weighted by Gasteiger charge is 2.45. The summed E-state index contributed by atoms with van der Waals surface area (Å²) in [4.78, 5) is 48.1. The van der Waals surface area contributed by atoms with E-state index >= 15 is 0 Å². The Morgan fingerprint density at radius 2 is 1.33 bits per heavy atom. The number of esters is 2. The maximum Gasteiger partial charge on any atom is 0.410 e. The van der Waals surface area contributed by atoms with E-state index in [0.717, 1.165) is 5.57 Å². The van der Waals surface area contributed by atoms with Crippen molar-refractivity contribution in [3.8, 4) is 0 Å². The number of nitrogens with zero attached hydrogens (tertiary/aromatic N) is 2. The first-order valence-electron chi connectivity index (χ1n) is 10.6. The normalized spacial score (nSPS) is 16.8. The van der Waals surface area contributed by atoms with Crippen molar-refractivity contribution in [1.82, 2.24) is 9.80 Å². The molecule has 0 saturated carbocycles. The van der Waals surface area contributed by atoms with Crippen molar-refractivity contribution < 1.29 is 38.1 Å². The van der Waals surface area contributed by atoms with E-state index in [-0.39, 0.29) is 24.5 Å². The predicted octanol–water partition coefficient (Wildman–Crippen LogP) is 1.83. The van der Waals surface area contributed by atoms with Crippen molar-refractivity contribution in [1.29, 1.82) is 0 Å². The molecule has 0 atom stereocenters. The fraction of sp³-hybridized carbons (Fsp3) is 0.727. The number of rotatable bonds is 3. The van der Waals surface area contributed by atoms with E-state index in [0.29, 0.717) is 26.2 Å². The fourth-order valence-corrected chi connectivity index (χ4v) is 2.86. The van der Waals surface area contributed by atoms with Gasteiger partial charge in [-0.05, 0) is 47.1 Å². The minimum atomic E-state index is -0.677. The molecule has 2 N–H and O–H groups in total. The summed E-state index contributed by atoms with van der Waals surface area (Å²) in [6.07, 6.45) is 0.766. The molecule has 0 aliphatic carbocycles. The molecule has 2 aliphatic rings. The summed E-state index contributed by atoms with van der Waals surface area (Å²) in [5.74, 6) is -0.754. The van der Waals surface area contributed by atoms with Gasteiger partial charge in [-0.2, -0.15) is 0 Å². The van der Waals surface area contributed by atoms with Crippen molar-refractivity contribution in [3.63, 3.8) is 0 Å². The van der Waals surface area contributed by atoms with E-state index in [1.807, 2.05) is 20.8 Å². The van der Waals surface area contributed by atoms with Crippen LogP contribution in [0.25, 0.3) is 0 Å². The zero-order valence-electron chi connectivity index (χ0n) is 20.9. The Morgan fingerprint density at radius 3 is 1.73 bits per heavy atom. The number of nitrogens with two attached hydrogens (primary N) is 1. The summed E-state index contributed by atoms with van der Waals surface area (Å²) in [5, 5.41) is 0. The first kappa shape index (κ1) is 28.2. The molecule has 0 aromatic heterocycles. The summed E-state index contributed by atoms with van der Waals surface area (Å²) in [6, 6.07) is 0. The van der Waals surface area contributed by atoms with Crippen LogP contribution in [0.15, 0.2) is 11.6 Å². The average molecular weight is 472 g/mol. The Balaban J connectivity index is 0.000000331. The largest absolute Gasteiger partial charge is 0.469 e. The van der Waals surface area contributed by atoms with Gasteiger partial charge in [0.05, 0.1) is 26.2 Å². The van der Waals surface area contributed by atoms with Gasteiger partial charge in [0.15, 0.2) is 0 Å². The Morgan fingerprint density at radius 1 is 0.879 bits per heavy atom. The molecule has 2 saturated heterocycles. The number of methoxy groups -OCH3 is 2. The maximum atomic E-state index is 11.6. The van der Waals surface area contributed by atoms with Gasteiger partial charge in [0.2, 0.25) is 0 Å². The lowest BCUT2D eigenvalue weighted by molar-refractivity contribution is -0.143. The summed E-state index contributed by atoms with van der Waals surface area (Å²) in [5.41, 5.74) is 5.11. The van der Waals surface area contributed by atoms with Crippen LogP contribution >= 0.6 is 0 Å². The second kappa shape index (κ2) is 10.9. The molecule has 2 heterocycles. The molecule has 11 nitrogen and oxygen atoms in total. The van der Waals surface area contributed by atoms with Crippen LogP contribution < -0.4 is 5.73 Å². The summed E-state index contributed by atoms with van der Waals surface area (Å²) in [7, 11) is 2.64. The monoisotopic (exact) mass is 471 g/mol. The molecule has 2 aliphatic heterocycles. The van der Waals surface area contributed by atoms with Gasteiger partial charge in [0.1, 0.15) is 11.2 Å². The SMILES string of the molecule is COC(=O)C=C1CN(C(=O)OC(C)(C)C)C1.COC(=O)CC1(N)CN(C(=O)OC(C)(C)C)C1.